The van der Waals surface area contributed by atoms with Gasteiger partial charge >= 0.3 is 0 Å². The molecule has 0 unspecified atom stereocenters. The molecule has 1 amide bonds. The summed E-state index contributed by atoms with van der Waals surface area (Å²) < 4.78 is 7.06. The predicted molar refractivity (Wildman–Crippen MR) is 98.8 cm³/mol. The summed E-state index contributed by atoms with van der Waals surface area (Å²) in [5.74, 6) is 1.23. The van der Waals surface area contributed by atoms with E-state index in [0.717, 1.165) is 22.8 Å². The second kappa shape index (κ2) is 6.15. The van der Waals surface area contributed by atoms with Crippen molar-refractivity contribution in [3.63, 3.8) is 0 Å². The molecule has 0 aliphatic rings. The number of amides is 1. The van der Waals surface area contributed by atoms with Gasteiger partial charge in [0.2, 0.25) is 0 Å². The minimum absolute atomic E-state index is 0.0415. The zero-order valence-corrected chi connectivity index (χ0v) is 16.1. The summed E-state index contributed by atoms with van der Waals surface area (Å²) in [6.07, 6.45) is 0. The van der Waals surface area contributed by atoms with E-state index in [-0.39, 0.29) is 11.3 Å². The summed E-state index contributed by atoms with van der Waals surface area (Å²) in [6.45, 7) is 12.0. The molecule has 0 saturated carbocycles. The molecule has 3 heterocycles. The fourth-order valence-corrected chi connectivity index (χ4v) is 3.58. The molecule has 0 fully saturated rings. The molecular weight excluding hydrogens is 336 g/mol. The van der Waals surface area contributed by atoms with Crippen molar-refractivity contribution in [2.75, 3.05) is 5.32 Å². The van der Waals surface area contributed by atoms with Crippen LogP contribution in [0.1, 0.15) is 54.0 Å². The first-order chi connectivity index (χ1) is 11.7. The maximum atomic E-state index is 12.7. The first kappa shape index (κ1) is 17.4. The van der Waals surface area contributed by atoms with Crippen LogP contribution in [0.2, 0.25) is 0 Å². The predicted octanol–water partition coefficient (Wildman–Crippen LogP) is 4.40. The Balaban J connectivity index is 1.87. The molecule has 3 rings (SSSR count). The van der Waals surface area contributed by atoms with E-state index in [2.05, 4.69) is 36.2 Å². The molecule has 0 radical (unpaired) electrons. The lowest BCUT2D eigenvalue weighted by molar-refractivity contribution is 0.102. The van der Waals surface area contributed by atoms with Crippen molar-refractivity contribution in [3.8, 4) is 5.82 Å². The fourth-order valence-electron chi connectivity index (χ4n) is 2.64. The Kier molecular flexibility index (Phi) is 4.28. The van der Waals surface area contributed by atoms with Gasteiger partial charge in [-0.15, -0.1) is 11.3 Å². The summed E-state index contributed by atoms with van der Waals surface area (Å²) >= 11 is 1.44. The Hall–Kier alpha value is -2.41. The summed E-state index contributed by atoms with van der Waals surface area (Å²) in [4.78, 5) is 17.2. The zero-order valence-electron chi connectivity index (χ0n) is 15.3. The van der Waals surface area contributed by atoms with E-state index in [9.17, 15) is 4.79 Å². The summed E-state index contributed by atoms with van der Waals surface area (Å²) in [7, 11) is 0. The third-order valence-electron chi connectivity index (χ3n) is 4.01. The maximum Gasteiger partial charge on any atom is 0.259 e. The van der Waals surface area contributed by atoms with Gasteiger partial charge in [0.1, 0.15) is 5.76 Å². The molecule has 0 aliphatic heterocycles. The van der Waals surface area contributed by atoms with Crippen LogP contribution in [0.15, 0.2) is 22.0 Å². The van der Waals surface area contributed by atoms with Gasteiger partial charge in [-0.05, 0) is 26.8 Å². The number of nitrogens with zero attached hydrogens (tertiary/aromatic N) is 3. The van der Waals surface area contributed by atoms with Crippen LogP contribution in [0.4, 0.5) is 5.13 Å². The summed E-state index contributed by atoms with van der Waals surface area (Å²) in [5, 5.41) is 9.53. The Morgan fingerprint density at radius 1 is 1.24 bits per heavy atom. The molecule has 0 saturated heterocycles. The van der Waals surface area contributed by atoms with Crippen LogP contribution >= 0.6 is 11.3 Å². The monoisotopic (exact) mass is 358 g/mol. The number of aryl methyl sites for hydroxylation is 2. The number of hydrogen-bond acceptors (Lipinski definition) is 5. The number of carbonyl (C=O) groups excluding carboxylic acids is 1. The number of rotatable bonds is 3. The second-order valence-electron chi connectivity index (χ2n) is 7.16. The van der Waals surface area contributed by atoms with Gasteiger partial charge in [0.15, 0.2) is 10.9 Å². The van der Waals surface area contributed by atoms with Gasteiger partial charge in [0, 0.05) is 28.2 Å². The van der Waals surface area contributed by atoms with Crippen LogP contribution in [-0.2, 0) is 5.41 Å². The van der Waals surface area contributed by atoms with E-state index in [1.165, 1.54) is 11.3 Å². The van der Waals surface area contributed by atoms with Crippen molar-refractivity contribution < 1.29 is 9.32 Å². The van der Waals surface area contributed by atoms with E-state index in [4.69, 9.17) is 4.52 Å². The molecule has 3 aromatic heterocycles. The van der Waals surface area contributed by atoms with Crippen molar-refractivity contribution in [2.24, 2.45) is 0 Å². The van der Waals surface area contributed by atoms with Gasteiger partial charge in [-0.1, -0.05) is 25.9 Å². The lowest BCUT2D eigenvalue weighted by Crippen LogP contribution is -2.15. The van der Waals surface area contributed by atoms with Crippen molar-refractivity contribution in [3.05, 3.63) is 45.9 Å². The fraction of sp³-hybridized carbons (Fsp3) is 0.389. The van der Waals surface area contributed by atoms with Gasteiger partial charge in [-0.3, -0.25) is 14.7 Å². The molecule has 0 atom stereocenters. The highest BCUT2D eigenvalue weighted by Gasteiger charge is 2.21. The lowest BCUT2D eigenvalue weighted by atomic mass is 9.93. The molecule has 3 aromatic rings. The molecule has 25 heavy (non-hydrogen) atoms. The zero-order chi connectivity index (χ0) is 18.4. The van der Waals surface area contributed by atoms with E-state index in [1.54, 1.807) is 0 Å². The highest BCUT2D eigenvalue weighted by molar-refractivity contribution is 7.14. The number of anilines is 1. The minimum Gasteiger partial charge on any atom is -0.360 e. The van der Waals surface area contributed by atoms with Gasteiger partial charge in [0.05, 0.1) is 11.3 Å². The highest BCUT2D eigenvalue weighted by Crippen LogP contribution is 2.27. The third-order valence-corrected chi connectivity index (χ3v) is 4.77. The average molecular weight is 358 g/mol. The van der Waals surface area contributed by atoms with Crippen LogP contribution in [0.3, 0.4) is 0 Å². The molecule has 0 aromatic carbocycles. The first-order valence-corrected chi connectivity index (χ1v) is 8.95. The Morgan fingerprint density at radius 2 is 1.96 bits per heavy atom. The number of carbonyl (C=O) groups is 1. The smallest absolute Gasteiger partial charge is 0.259 e. The van der Waals surface area contributed by atoms with Crippen LogP contribution in [0, 0.1) is 20.8 Å². The van der Waals surface area contributed by atoms with Gasteiger partial charge in [0.25, 0.3) is 5.91 Å². The summed E-state index contributed by atoms with van der Waals surface area (Å²) in [6, 6.07) is 3.70. The van der Waals surface area contributed by atoms with Gasteiger partial charge in [-0.25, -0.2) is 4.98 Å². The minimum atomic E-state index is -0.172. The Bertz CT molecular complexity index is 927. The SMILES string of the molecule is Cc1cc(-n2c(C)cc(C(=O)Nc3nc(C(C)(C)C)cs3)c2C)no1. The Morgan fingerprint density at radius 3 is 2.52 bits per heavy atom. The normalized spacial score (nSPS) is 11.8. The van der Waals surface area contributed by atoms with Crippen molar-refractivity contribution in [2.45, 2.75) is 47.0 Å². The molecule has 132 valence electrons. The summed E-state index contributed by atoms with van der Waals surface area (Å²) in [5.41, 5.74) is 3.27. The molecular formula is C18H22N4O2S. The van der Waals surface area contributed by atoms with Crippen LogP contribution in [0.25, 0.3) is 5.82 Å². The van der Waals surface area contributed by atoms with Gasteiger partial charge < -0.3 is 4.52 Å². The van der Waals surface area contributed by atoms with Gasteiger partial charge in [-0.2, -0.15) is 0 Å². The largest absolute Gasteiger partial charge is 0.360 e. The highest BCUT2D eigenvalue weighted by atomic mass is 32.1. The maximum absolute atomic E-state index is 12.7. The topological polar surface area (TPSA) is 73.0 Å². The third kappa shape index (κ3) is 3.37. The lowest BCUT2D eigenvalue weighted by Gasteiger charge is -2.14. The van der Waals surface area contributed by atoms with Crippen LogP contribution < -0.4 is 5.32 Å². The molecule has 0 spiro atoms. The van der Waals surface area contributed by atoms with Crippen molar-refractivity contribution in [1.29, 1.82) is 0 Å². The molecule has 7 heteroatoms. The van der Waals surface area contributed by atoms with E-state index in [0.29, 0.717) is 16.5 Å². The average Bonchev–Trinajstić information content (AvgIpc) is 3.19. The number of hydrogen-bond donors (Lipinski definition) is 1. The van der Waals surface area contributed by atoms with Crippen molar-refractivity contribution in [1.82, 2.24) is 14.7 Å². The molecule has 1 N–H and O–H groups in total. The second-order valence-corrected chi connectivity index (χ2v) is 8.02. The number of thiazole rings is 1. The molecule has 6 nitrogen and oxygen atoms in total. The molecule has 0 aliphatic carbocycles. The van der Waals surface area contributed by atoms with E-state index < -0.39 is 0 Å². The van der Waals surface area contributed by atoms with Crippen LogP contribution in [0.5, 0.6) is 0 Å². The van der Waals surface area contributed by atoms with E-state index >= 15 is 0 Å². The first-order valence-electron chi connectivity index (χ1n) is 8.07. The number of nitrogens with one attached hydrogen (secondary N) is 1. The van der Waals surface area contributed by atoms with E-state index in [1.807, 2.05) is 42.9 Å². The molecule has 0 bridgehead atoms. The quantitative estimate of drug-likeness (QED) is 0.753. The van der Waals surface area contributed by atoms with Crippen molar-refractivity contribution >= 4 is 22.4 Å². The van der Waals surface area contributed by atoms with Crippen LogP contribution in [-0.4, -0.2) is 20.6 Å². The standard InChI is InChI=1S/C18H22N4O2S/c1-10-7-13(12(3)22(10)15-8-11(2)24-21-15)16(23)20-17-19-14(9-25-17)18(4,5)6/h7-9H,1-6H3,(H,19,20,23). The number of aromatic nitrogens is 3. The Labute approximate surface area is 150 Å².